The van der Waals surface area contributed by atoms with Gasteiger partial charge in [-0.3, -0.25) is 0 Å². The van der Waals surface area contributed by atoms with E-state index in [-0.39, 0.29) is 6.61 Å². The van der Waals surface area contributed by atoms with Crippen molar-refractivity contribution in [3.8, 4) is 6.07 Å². The molecule has 0 amide bonds. The molecule has 4 N–H and O–H groups in total. The van der Waals surface area contributed by atoms with Gasteiger partial charge in [0.15, 0.2) is 0 Å². The Hall–Kier alpha value is -1.99. The number of nitrogens with one attached hydrogen (secondary N) is 1. The molecule has 1 aromatic carbocycles. The monoisotopic (exact) mass is 189 g/mol. The van der Waals surface area contributed by atoms with Gasteiger partial charge in [-0.05, 0) is 24.3 Å². The maximum atomic E-state index is 8.64. The molecule has 0 atom stereocenters. The number of hydrogen-bond donors (Lipinski definition) is 3. The van der Waals surface area contributed by atoms with Crippen LogP contribution in [-0.2, 0) is 0 Å². The van der Waals surface area contributed by atoms with Crippen LogP contribution in [0.15, 0.2) is 36.2 Å². The number of hydrogen-bond acceptors (Lipinski definition) is 4. The molecule has 0 fully saturated rings. The first-order chi connectivity index (χ1) is 6.76. The van der Waals surface area contributed by atoms with Crippen LogP contribution in [0.4, 0.5) is 5.69 Å². The molecule has 72 valence electrons. The minimum absolute atomic E-state index is 0.114. The lowest BCUT2D eigenvalue weighted by molar-refractivity contribution is 0.342. The fourth-order valence-corrected chi connectivity index (χ4v) is 0.983. The summed E-state index contributed by atoms with van der Waals surface area (Å²) in [6, 6.07) is 8.95. The molecule has 14 heavy (non-hydrogen) atoms. The summed E-state index contributed by atoms with van der Waals surface area (Å²) in [4.78, 5) is 0. The van der Waals surface area contributed by atoms with E-state index in [9.17, 15) is 0 Å². The molecular formula is C10H11N3O. The van der Waals surface area contributed by atoms with Crippen LogP contribution in [0.3, 0.4) is 0 Å². The van der Waals surface area contributed by atoms with Crippen molar-refractivity contribution in [1.82, 2.24) is 0 Å². The van der Waals surface area contributed by atoms with Gasteiger partial charge in [0.2, 0.25) is 0 Å². The predicted molar refractivity (Wildman–Crippen MR) is 54.1 cm³/mol. The van der Waals surface area contributed by atoms with E-state index in [1.165, 1.54) is 6.08 Å². The first-order valence-corrected chi connectivity index (χ1v) is 4.10. The van der Waals surface area contributed by atoms with Crippen LogP contribution in [0, 0.1) is 11.3 Å². The van der Waals surface area contributed by atoms with Gasteiger partial charge in [-0.1, -0.05) is 6.07 Å². The van der Waals surface area contributed by atoms with Crippen molar-refractivity contribution >= 4 is 5.69 Å². The molecule has 0 radical (unpaired) electrons. The third-order valence-corrected chi connectivity index (χ3v) is 1.59. The van der Waals surface area contributed by atoms with Crippen molar-refractivity contribution in [2.75, 3.05) is 11.9 Å². The zero-order valence-electron chi connectivity index (χ0n) is 7.57. The molecule has 0 aromatic heterocycles. The molecule has 0 saturated carbocycles. The first-order valence-electron chi connectivity index (χ1n) is 4.10. The van der Waals surface area contributed by atoms with Crippen molar-refractivity contribution in [1.29, 1.82) is 5.26 Å². The quantitative estimate of drug-likeness (QED) is 0.655. The van der Waals surface area contributed by atoms with Crippen LogP contribution < -0.4 is 11.1 Å². The van der Waals surface area contributed by atoms with E-state index in [0.29, 0.717) is 11.4 Å². The Morgan fingerprint density at radius 2 is 2.43 bits per heavy atom. The number of anilines is 1. The summed E-state index contributed by atoms with van der Waals surface area (Å²) in [7, 11) is 0. The van der Waals surface area contributed by atoms with Crippen LogP contribution in [0.2, 0.25) is 0 Å². The van der Waals surface area contributed by atoms with Gasteiger partial charge in [0.25, 0.3) is 0 Å². The predicted octanol–water partition coefficient (Wildman–Crippen LogP) is 0.763. The number of aliphatic hydroxyl groups excluding tert-OH is 1. The third-order valence-electron chi connectivity index (χ3n) is 1.59. The molecule has 0 heterocycles. The molecule has 1 rings (SSSR count). The Morgan fingerprint density at radius 1 is 1.64 bits per heavy atom. The highest BCUT2D eigenvalue weighted by Gasteiger charge is 1.94. The van der Waals surface area contributed by atoms with Crippen molar-refractivity contribution < 1.29 is 5.11 Å². The van der Waals surface area contributed by atoms with E-state index >= 15 is 0 Å². The zero-order chi connectivity index (χ0) is 10.4. The van der Waals surface area contributed by atoms with Crippen LogP contribution >= 0.6 is 0 Å². The Labute approximate surface area is 82.3 Å². The van der Waals surface area contributed by atoms with Crippen molar-refractivity contribution in [2.24, 2.45) is 5.73 Å². The summed E-state index contributed by atoms with van der Waals surface area (Å²) >= 11 is 0. The third kappa shape index (κ3) is 2.81. The van der Waals surface area contributed by atoms with Crippen molar-refractivity contribution in [2.45, 2.75) is 0 Å². The largest absolute Gasteiger partial charge is 0.392 e. The van der Waals surface area contributed by atoms with E-state index in [0.717, 1.165) is 5.69 Å². The summed E-state index contributed by atoms with van der Waals surface area (Å²) in [5, 5.41) is 20.0. The fourth-order valence-electron chi connectivity index (χ4n) is 0.983. The smallest absolute Gasteiger partial charge is 0.0992 e. The number of rotatable bonds is 3. The van der Waals surface area contributed by atoms with E-state index in [1.807, 2.05) is 6.07 Å². The van der Waals surface area contributed by atoms with Gasteiger partial charge in [0, 0.05) is 5.69 Å². The van der Waals surface area contributed by atoms with Crippen LogP contribution in [0.5, 0.6) is 0 Å². The minimum Gasteiger partial charge on any atom is -0.392 e. The topological polar surface area (TPSA) is 82.1 Å². The molecule has 0 unspecified atom stereocenters. The Kier molecular flexibility index (Phi) is 3.53. The molecule has 0 aliphatic heterocycles. The van der Waals surface area contributed by atoms with E-state index in [4.69, 9.17) is 16.1 Å². The number of aliphatic hydroxyl groups is 1. The van der Waals surface area contributed by atoms with Gasteiger partial charge in [0.1, 0.15) is 0 Å². The summed E-state index contributed by atoms with van der Waals surface area (Å²) in [5.74, 6) is 0.364. The second-order valence-corrected chi connectivity index (χ2v) is 2.66. The van der Waals surface area contributed by atoms with Gasteiger partial charge < -0.3 is 16.2 Å². The average Bonchev–Trinajstić information content (AvgIpc) is 2.18. The Bertz CT molecular complexity index is 379. The number of benzene rings is 1. The molecule has 0 aliphatic carbocycles. The number of nitriles is 1. The average molecular weight is 189 g/mol. The van der Waals surface area contributed by atoms with E-state index in [1.54, 1.807) is 24.3 Å². The van der Waals surface area contributed by atoms with Crippen LogP contribution in [0.1, 0.15) is 5.56 Å². The Balaban J connectivity index is 2.78. The molecule has 0 spiro atoms. The zero-order valence-corrected chi connectivity index (χ0v) is 7.57. The first kappa shape index (κ1) is 10.1. The standard InChI is InChI=1S/C10H11N3O/c11-7-8-2-1-3-9(6-8)13-10(12)4-5-14/h1-4,6,13-14H,5,12H2/b10-4+. The van der Waals surface area contributed by atoms with Gasteiger partial charge in [-0.2, -0.15) is 5.26 Å². The van der Waals surface area contributed by atoms with Gasteiger partial charge in [0.05, 0.1) is 24.1 Å². The number of nitrogens with two attached hydrogens (primary N) is 1. The molecule has 1 aromatic rings. The van der Waals surface area contributed by atoms with E-state index < -0.39 is 0 Å². The maximum Gasteiger partial charge on any atom is 0.0992 e. The fraction of sp³-hybridized carbons (Fsp3) is 0.100. The highest BCUT2D eigenvalue weighted by Crippen LogP contribution is 2.10. The molecule has 0 bridgehead atoms. The second-order valence-electron chi connectivity index (χ2n) is 2.66. The highest BCUT2D eigenvalue weighted by molar-refractivity contribution is 5.52. The normalized spacial score (nSPS) is 10.7. The summed E-state index contributed by atoms with van der Waals surface area (Å²) in [6.45, 7) is -0.114. The molecule has 4 nitrogen and oxygen atoms in total. The molecule has 4 heteroatoms. The highest BCUT2D eigenvalue weighted by atomic mass is 16.2. The van der Waals surface area contributed by atoms with E-state index in [2.05, 4.69) is 5.32 Å². The SMILES string of the molecule is N#Cc1cccc(N/C(N)=C/CO)c1. The van der Waals surface area contributed by atoms with Gasteiger partial charge in [-0.15, -0.1) is 0 Å². The van der Waals surface area contributed by atoms with Gasteiger partial charge >= 0.3 is 0 Å². The second kappa shape index (κ2) is 4.90. The van der Waals surface area contributed by atoms with Crippen molar-refractivity contribution in [3.05, 3.63) is 41.7 Å². The maximum absolute atomic E-state index is 8.64. The summed E-state index contributed by atoms with van der Waals surface area (Å²) in [5.41, 5.74) is 6.80. The summed E-state index contributed by atoms with van der Waals surface area (Å²) < 4.78 is 0. The molecule has 0 saturated heterocycles. The van der Waals surface area contributed by atoms with Crippen molar-refractivity contribution in [3.63, 3.8) is 0 Å². The van der Waals surface area contributed by atoms with Crippen LogP contribution in [-0.4, -0.2) is 11.7 Å². The molecule has 0 aliphatic rings. The molecular weight excluding hydrogens is 178 g/mol. The minimum atomic E-state index is -0.114. The van der Waals surface area contributed by atoms with Crippen LogP contribution in [0.25, 0.3) is 0 Å². The summed E-state index contributed by atoms with van der Waals surface area (Å²) in [6.07, 6.45) is 1.44. The Morgan fingerprint density at radius 3 is 3.07 bits per heavy atom. The number of nitrogens with zero attached hydrogens (tertiary/aromatic N) is 1. The van der Waals surface area contributed by atoms with Gasteiger partial charge in [-0.25, -0.2) is 0 Å². The lowest BCUT2D eigenvalue weighted by Gasteiger charge is -2.05. The lowest BCUT2D eigenvalue weighted by atomic mass is 10.2. The lowest BCUT2D eigenvalue weighted by Crippen LogP contribution is -2.09.